The quantitative estimate of drug-likeness (QED) is 0.261. The van der Waals surface area contributed by atoms with Gasteiger partial charge < -0.3 is 10.2 Å². The molecule has 31 heavy (non-hydrogen) atoms. The second-order valence-corrected chi connectivity index (χ2v) is 9.90. The van der Waals surface area contributed by atoms with Crippen LogP contribution in [0.25, 0.3) is 0 Å². The van der Waals surface area contributed by atoms with Crippen LogP contribution in [0.15, 0.2) is 57.9 Å². The smallest absolute Gasteiger partial charge is 0.242 e. The Bertz CT molecular complexity index is 848. The van der Waals surface area contributed by atoms with E-state index in [-0.39, 0.29) is 11.8 Å². The maximum absolute atomic E-state index is 13.1. The van der Waals surface area contributed by atoms with Crippen LogP contribution in [-0.4, -0.2) is 35.1 Å². The van der Waals surface area contributed by atoms with E-state index < -0.39 is 6.04 Å². The lowest BCUT2D eigenvalue weighted by Crippen LogP contribution is -2.47. The summed E-state index contributed by atoms with van der Waals surface area (Å²) in [6.07, 6.45) is 3.09. The second kappa shape index (κ2) is 13.8. The van der Waals surface area contributed by atoms with Gasteiger partial charge in [0.05, 0.1) is 0 Å². The highest BCUT2D eigenvalue weighted by atomic mass is 79.9. The topological polar surface area (TPSA) is 49.4 Å². The van der Waals surface area contributed by atoms with Gasteiger partial charge in [-0.2, -0.15) is 0 Å². The molecular weight excluding hydrogens is 496 g/mol. The summed E-state index contributed by atoms with van der Waals surface area (Å²) < 4.78 is 0.955. The number of halogens is 2. The van der Waals surface area contributed by atoms with E-state index in [0.29, 0.717) is 24.5 Å². The summed E-state index contributed by atoms with van der Waals surface area (Å²) in [6.45, 7) is 4.93. The van der Waals surface area contributed by atoms with Crippen molar-refractivity contribution in [2.24, 2.45) is 0 Å². The van der Waals surface area contributed by atoms with Gasteiger partial charge in [-0.15, -0.1) is 11.8 Å². The van der Waals surface area contributed by atoms with Crippen LogP contribution in [0.4, 0.5) is 0 Å². The summed E-state index contributed by atoms with van der Waals surface area (Å²) in [5.74, 6) is 0.719. The zero-order chi connectivity index (χ0) is 22.6. The molecular formula is C24H30BrClN2O2S. The predicted molar refractivity (Wildman–Crippen MR) is 133 cm³/mol. The van der Waals surface area contributed by atoms with Crippen molar-refractivity contribution in [3.8, 4) is 0 Å². The Balaban J connectivity index is 1.97. The number of carbonyl (C=O) groups is 2. The summed E-state index contributed by atoms with van der Waals surface area (Å²) in [5, 5.41) is 3.67. The number of hydrogen-bond donors (Lipinski definition) is 1. The first kappa shape index (κ1) is 25.8. The summed E-state index contributed by atoms with van der Waals surface area (Å²) in [7, 11) is 0. The fraction of sp³-hybridized carbons (Fsp3) is 0.417. The Labute approximate surface area is 203 Å². The number of hydrogen-bond acceptors (Lipinski definition) is 3. The van der Waals surface area contributed by atoms with E-state index >= 15 is 0 Å². The Morgan fingerprint density at radius 1 is 1.16 bits per heavy atom. The molecule has 1 atom stereocenters. The summed E-state index contributed by atoms with van der Waals surface area (Å²) in [5.41, 5.74) is 0.992. The maximum atomic E-state index is 13.1. The molecule has 2 rings (SSSR count). The average molecular weight is 526 g/mol. The lowest BCUT2D eigenvalue weighted by molar-refractivity contribution is -0.140. The molecule has 0 aliphatic heterocycles. The van der Waals surface area contributed by atoms with Crippen molar-refractivity contribution in [3.05, 3.63) is 63.6 Å². The van der Waals surface area contributed by atoms with Gasteiger partial charge in [-0.25, -0.2) is 0 Å². The molecule has 0 radical (unpaired) electrons. The molecule has 2 amide bonds. The van der Waals surface area contributed by atoms with E-state index in [4.69, 9.17) is 11.6 Å². The molecule has 0 aromatic heterocycles. The molecule has 2 aromatic carbocycles. The molecule has 0 heterocycles. The van der Waals surface area contributed by atoms with Crippen molar-refractivity contribution in [3.63, 3.8) is 0 Å². The third-order valence-electron chi connectivity index (χ3n) is 4.86. The highest BCUT2D eigenvalue weighted by Crippen LogP contribution is 2.22. The monoisotopic (exact) mass is 524 g/mol. The minimum absolute atomic E-state index is 0.00479. The second-order valence-electron chi connectivity index (χ2n) is 7.38. The van der Waals surface area contributed by atoms with Gasteiger partial charge in [0, 0.05) is 33.9 Å². The fourth-order valence-electron chi connectivity index (χ4n) is 3.04. The van der Waals surface area contributed by atoms with Gasteiger partial charge in [-0.3, -0.25) is 9.59 Å². The zero-order valence-corrected chi connectivity index (χ0v) is 21.2. The molecule has 0 aliphatic rings. The number of carbonyl (C=O) groups excluding carboxylic acids is 2. The zero-order valence-electron chi connectivity index (χ0n) is 18.1. The average Bonchev–Trinajstić information content (AvgIpc) is 2.76. The summed E-state index contributed by atoms with van der Waals surface area (Å²) >= 11 is 11.1. The van der Waals surface area contributed by atoms with Crippen LogP contribution in [0.3, 0.4) is 0 Å². The molecule has 0 saturated carbocycles. The summed E-state index contributed by atoms with van der Waals surface area (Å²) in [6, 6.07) is 15.0. The molecule has 4 nitrogen and oxygen atoms in total. The van der Waals surface area contributed by atoms with Crippen LogP contribution in [0, 0.1) is 0 Å². The van der Waals surface area contributed by atoms with Gasteiger partial charge in [0.1, 0.15) is 6.04 Å². The van der Waals surface area contributed by atoms with E-state index in [1.54, 1.807) is 23.6 Å². The normalized spacial score (nSPS) is 11.7. The first-order valence-electron chi connectivity index (χ1n) is 10.6. The first-order chi connectivity index (χ1) is 14.9. The molecule has 0 fully saturated rings. The molecule has 0 aliphatic carbocycles. The van der Waals surface area contributed by atoms with Gasteiger partial charge in [-0.05, 0) is 67.5 Å². The van der Waals surface area contributed by atoms with Crippen molar-refractivity contribution < 1.29 is 9.59 Å². The molecule has 7 heteroatoms. The van der Waals surface area contributed by atoms with E-state index in [0.717, 1.165) is 39.9 Å². The van der Waals surface area contributed by atoms with Gasteiger partial charge in [-0.1, -0.05) is 53.0 Å². The van der Waals surface area contributed by atoms with Crippen LogP contribution >= 0.6 is 39.3 Å². The van der Waals surface area contributed by atoms with E-state index in [9.17, 15) is 9.59 Å². The number of amides is 2. The standard InChI is InChI=1S/C24H30BrClN2O2S/c1-3-4-14-27-24(30)18(2)28(17-19-7-5-8-20(25)16-19)23(29)9-6-15-31-22-12-10-21(26)11-13-22/h5,7-8,10-13,16,18H,3-4,6,9,14-15,17H2,1-2H3,(H,27,30)/t18-/m0/s1. The Hall–Kier alpha value is -1.50. The Morgan fingerprint density at radius 3 is 2.58 bits per heavy atom. The third-order valence-corrected chi connectivity index (χ3v) is 6.70. The highest BCUT2D eigenvalue weighted by Gasteiger charge is 2.25. The van der Waals surface area contributed by atoms with Crippen LogP contribution in [0.2, 0.25) is 5.02 Å². The van der Waals surface area contributed by atoms with Crippen molar-refractivity contribution in [2.75, 3.05) is 12.3 Å². The van der Waals surface area contributed by atoms with Gasteiger partial charge in [0.15, 0.2) is 0 Å². The van der Waals surface area contributed by atoms with Crippen LogP contribution in [0.5, 0.6) is 0 Å². The van der Waals surface area contributed by atoms with Gasteiger partial charge >= 0.3 is 0 Å². The lowest BCUT2D eigenvalue weighted by atomic mass is 10.1. The van der Waals surface area contributed by atoms with Gasteiger partial charge in [0.2, 0.25) is 11.8 Å². The largest absolute Gasteiger partial charge is 0.354 e. The predicted octanol–water partition coefficient (Wildman–Crippen LogP) is 6.31. The number of benzene rings is 2. The van der Waals surface area contributed by atoms with E-state index in [1.807, 2.05) is 48.5 Å². The lowest BCUT2D eigenvalue weighted by Gasteiger charge is -2.29. The minimum atomic E-state index is -0.521. The Morgan fingerprint density at radius 2 is 1.90 bits per heavy atom. The number of thioether (sulfide) groups is 1. The fourth-order valence-corrected chi connectivity index (χ4v) is 4.46. The van der Waals surface area contributed by atoms with Gasteiger partial charge in [0.25, 0.3) is 0 Å². The van der Waals surface area contributed by atoms with Crippen LogP contribution in [-0.2, 0) is 16.1 Å². The summed E-state index contributed by atoms with van der Waals surface area (Å²) in [4.78, 5) is 28.5. The highest BCUT2D eigenvalue weighted by molar-refractivity contribution is 9.10. The van der Waals surface area contributed by atoms with Crippen LogP contribution in [0.1, 0.15) is 45.1 Å². The Kier molecular flexibility index (Phi) is 11.5. The molecule has 0 unspecified atom stereocenters. The third kappa shape index (κ3) is 9.26. The molecule has 0 spiro atoms. The maximum Gasteiger partial charge on any atom is 0.242 e. The number of rotatable bonds is 12. The molecule has 2 aromatic rings. The SMILES string of the molecule is CCCCNC(=O)[C@H](C)N(Cc1cccc(Br)c1)C(=O)CCCSc1ccc(Cl)cc1. The number of nitrogens with one attached hydrogen (secondary N) is 1. The molecule has 0 saturated heterocycles. The van der Waals surface area contributed by atoms with Crippen molar-refractivity contribution in [2.45, 2.75) is 57.0 Å². The minimum Gasteiger partial charge on any atom is -0.354 e. The van der Waals surface area contributed by atoms with Crippen molar-refractivity contribution >= 4 is 51.1 Å². The first-order valence-corrected chi connectivity index (χ1v) is 12.8. The van der Waals surface area contributed by atoms with Crippen molar-refractivity contribution in [1.82, 2.24) is 10.2 Å². The van der Waals surface area contributed by atoms with Crippen molar-refractivity contribution in [1.29, 1.82) is 0 Å². The molecule has 168 valence electrons. The molecule has 1 N–H and O–H groups in total. The van der Waals surface area contributed by atoms with Crippen LogP contribution < -0.4 is 5.32 Å². The van der Waals surface area contributed by atoms with E-state index in [2.05, 4.69) is 28.2 Å². The number of nitrogens with zero attached hydrogens (tertiary/aromatic N) is 1. The van der Waals surface area contributed by atoms with E-state index in [1.165, 1.54) is 0 Å². The molecule has 0 bridgehead atoms. The number of unbranched alkanes of at least 4 members (excludes halogenated alkanes) is 1.